The monoisotopic (exact) mass is 490 g/mol. The predicted octanol–water partition coefficient (Wildman–Crippen LogP) is 3.95. The van der Waals surface area contributed by atoms with Crippen molar-refractivity contribution in [1.82, 2.24) is 0 Å². The molecule has 3 aromatic rings. The van der Waals surface area contributed by atoms with Crippen LogP contribution in [0.4, 0.5) is 20.2 Å². The standard InChI is InChI=1S/C23H20F2N2O8/c1-31-18-10-15(22(30)32-2)16(11-19(18)35-23(24)25)27-20(28)12-34-14-6-3-5-13(9-14)26-21(29)17-7-4-8-33-17/h3-11,23H,12H2,1-2H3,(H,26,29)(H,27,28). The summed E-state index contributed by atoms with van der Waals surface area (Å²) in [6.07, 6.45) is 1.37. The zero-order chi connectivity index (χ0) is 25.4. The van der Waals surface area contributed by atoms with Gasteiger partial charge in [-0.05, 0) is 24.3 Å². The van der Waals surface area contributed by atoms with Crippen LogP contribution in [-0.4, -0.2) is 45.2 Å². The molecule has 2 N–H and O–H groups in total. The fraction of sp³-hybridized carbons (Fsp3) is 0.174. The maximum Gasteiger partial charge on any atom is 0.387 e. The molecular formula is C23H20F2N2O8. The Balaban J connectivity index is 1.70. The van der Waals surface area contributed by atoms with Crippen molar-refractivity contribution in [2.45, 2.75) is 6.61 Å². The lowest BCUT2D eigenvalue weighted by Crippen LogP contribution is -2.22. The van der Waals surface area contributed by atoms with Gasteiger partial charge in [0.05, 0.1) is 31.7 Å². The first-order valence-corrected chi connectivity index (χ1v) is 9.93. The number of benzene rings is 2. The van der Waals surface area contributed by atoms with Crippen LogP contribution < -0.4 is 24.8 Å². The molecule has 0 aliphatic heterocycles. The third-order valence-electron chi connectivity index (χ3n) is 4.41. The van der Waals surface area contributed by atoms with E-state index in [1.165, 1.54) is 25.5 Å². The van der Waals surface area contributed by atoms with Gasteiger partial charge in [0.25, 0.3) is 11.8 Å². The molecular weight excluding hydrogens is 470 g/mol. The molecule has 35 heavy (non-hydrogen) atoms. The first-order chi connectivity index (χ1) is 16.8. The summed E-state index contributed by atoms with van der Waals surface area (Å²) < 4.78 is 50.0. The first-order valence-electron chi connectivity index (χ1n) is 9.93. The van der Waals surface area contributed by atoms with Crippen LogP contribution in [-0.2, 0) is 9.53 Å². The van der Waals surface area contributed by atoms with Crippen molar-refractivity contribution in [3.63, 3.8) is 0 Å². The second-order valence-electron chi connectivity index (χ2n) is 6.71. The highest BCUT2D eigenvalue weighted by molar-refractivity contribution is 6.03. The Morgan fingerprint density at radius 3 is 2.46 bits per heavy atom. The van der Waals surface area contributed by atoms with Crippen molar-refractivity contribution in [3.05, 3.63) is 66.1 Å². The van der Waals surface area contributed by atoms with Crippen molar-refractivity contribution < 1.29 is 46.5 Å². The number of alkyl halides is 2. The van der Waals surface area contributed by atoms with Crippen molar-refractivity contribution >= 4 is 29.2 Å². The van der Waals surface area contributed by atoms with E-state index >= 15 is 0 Å². The Hall–Kier alpha value is -4.61. The number of methoxy groups -OCH3 is 2. The third-order valence-corrected chi connectivity index (χ3v) is 4.41. The lowest BCUT2D eigenvalue weighted by atomic mass is 10.1. The molecule has 2 aromatic carbocycles. The molecule has 0 fully saturated rings. The highest BCUT2D eigenvalue weighted by Gasteiger charge is 2.21. The van der Waals surface area contributed by atoms with E-state index < -0.39 is 36.8 Å². The quantitative estimate of drug-likeness (QED) is 0.410. The topological polar surface area (TPSA) is 125 Å². The summed E-state index contributed by atoms with van der Waals surface area (Å²) in [5, 5.41) is 5.02. The number of carbonyl (C=O) groups is 3. The number of ether oxygens (including phenoxy) is 4. The molecule has 0 spiro atoms. The van der Waals surface area contributed by atoms with Crippen LogP contribution in [0.15, 0.2) is 59.2 Å². The SMILES string of the molecule is COC(=O)c1cc(OC)c(OC(F)F)cc1NC(=O)COc1cccc(NC(=O)c2ccco2)c1. The molecule has 0 saturated carbocycles. The van der Waals surface area contributed by atoms with E-state index in [0.29, 0.717) is 5.69 Å². The maximum absolute atomic E-state index is 12.7. The summed E-state index contributed by atoms with van der Waals surface area (Å²) in [5.41, 5.74) is 0.0875. The normalized spacial score (nSPS) is 10.4. The molecule has 184 valence electrons. The minimum atomic E-state index is -3.17. The summed E-state index contributed by atoms with van der Waals surface area (Å²) in [4.78, 5) is 36.7. The molecule has 0 saturated heterocycles. The van der Waals surface area contributed by atoms with Gasteiger partial charge in [-0.3, -0.25) is 9.59 Å². The van der Waals surface area contributed by atoms with Crippen LogP contribution >= 0.6 is 0 Å². The van der Waals surface area contributed by atoms with E-state index in [4.69, 9.17) is 13.9 Å². The molecule has 10 nitrogen and oxygen atoms in total. The van der Waals surface area contributed by atoms with Gasteiger partial charge in [0.2, 0.25) is 0 Å². The van der Waals surface area contributed by atoms with Crippen molar-refractivity contribution in [1.29, 1.82) is 0 Å². The van der Waals surface area contributed by atoms with Gasteiger partial charge in [-0.15, -0.1) is 0 Å². The van der Waals surface area contributed by atoms with Crippen LogP contribution in [0.25, 0.3) is 0 Å². The van der Waals surface area contributed by atoms with E-state index in [9.17, 15) is 23.2 Å². The molecule has 3 rings (SSSR count). The average Bonchev–Trinajstić information content (AvgIpc) is 3.38. The smallest absolute Gasteiger partial charge is 0.387 e. The lowest BCUT2D eigenvalue weighted by molar-refractivity contribution is -0.118. The second-order valence-corrected chi connectivity index (χ2v) is 6.71. The number of rotatable bonds is 10. The number of hydrogen-bond donors (Lipinski definition) is 2. The third kappa shape index (κ3) is 6.69. The largest absolute Gasteiger partial charge is 0.493 e. The van der Waals surface area contributed by atoms with Gasteiger partial charge in [-0.2, -0.15) is 8.78 Å². The van der Waals surface area contributed by atoms with Gasteiger partial charge in [-0.25, -0.2) is 4.79 Å². The fourth-order valence-electron chi connectivity index (χ4n) is 2.89. The van der Waals surface area contributed by atoms with E-state index in [0.717, 1.165) is 19.2 Å². The Kier molecular flexibility index (Phi) is 8.22. The average molecular weight is 490 g/mol. The van der Waals surface area contributed by atoms with Gasteiger partial charge in [0.15, 0.2) is 23.9 Å². The summed E-state index contributed by atoms with van der Waals surface area (Å²) in [6, 6.07) is 11.4. The molecule has 0 bridgehead atoms. The number of anilines is 2. The molecule has 0 radical (unpaired) electrons. The highest BCUT2D eigenvalue weighted by Crippen LogP contribution is 2.35. The summed E-state index contributed by atoms with van der Waals surface area (Å²) in [5.74, 6) is -2.22. The number of furan rings is 1. The van der Waals surface area contributed by atoms with Gasteiger partial charge < -0.3 is 34.0 Å². The Labute approximate surface area is 197 Å². The van der Waals surface area contributed by atoms with Gasteiger partial charge in [0.1, 0.15) is 5.75 Å². The van der Waals surface area contributed by atoms with Gasteiger partial charge in [-0.1, -0.05) is 6.07 Å². The fourth-order valence-corrected chi connectivity index (χ4v) is 2.89. The van der Waals surface area contributed by atoms with Gasteiger partial charge >= 0.3 is 12.6 Å². The number of hydrogen-bond acceptors (Lipinski definition) is 8. The minimum Gasteiger partial charge on any atom is -0.493 e. The molecule has 0 aliphatic carbocycles. The van der Waals surface area contributed by atoms with Crippen molar-refractivity contribution in [2.75, 3.05) is 31.5 Å². The molecule has 2 amide bonds. The predicted molar refractivity (Wildman–Crippen MR) is 118 cm³/mol. The molecule has 0 aliphatic rings. The van der Waals surface area contributed by atoms with E-state index in [2.05, 4.69) is 20.1 Å². The van der Waals surface area contributed by atoms with Crippen LogP contribution in [0.1, 0.15) is 20.9 Å². The van der Waals surface area contributed by atoms with Crippen LogP contribution in [0.2, 0.25) is 0 Å². The number of carbonyl (C=O) groups excluding carboxylic acids is 3. The van der Waals surface area contributed by atoms with Crippen LogP contribution in [0, 0.1) is 0 Å². The van der Waals surface area contributed by atoms with Crippen molar-refractivity contribution in [2.24, 2.45) is 0 Å². The van der Waals surface area contributed by atoms with E-state index in [1.54, 1.807) is 24.3 Å². The first kappa shape index (κ1) is 25.0. The van der Waals surface area contributed by atoms with Crippen LogP contribution in [0.5, 0.6) is 17.2 Å². The van der Waals surface area contributed by atoms with Crippen LogP contribution in [0.3, 0.4) is 0 Å². The Morgan fingerprint density at radius 2 is 1.80 bits per heavy atom. The second kappa shape index (κ2) is 11.5. The number of esters is 1. The minimum absolute atomic E-state index is 0.117. The summed E-state index contributed by atoms with van der Waals surface area (Å²) >= 11 is 0. The zero-order valence-corrected chi connectivity index (χ0v) is 18.5. The van der Waals surface area contributed by atoms with Crippen molar-refractivity contribution in [3.8, 4) is 17.2 Å². The lowest BCUT2D eigenvalue weighted by Gasteiger charge is -2.16. The van der Waals surface area contributed by atoms with Gasteiger partial charge in [0, 0.05) is 23.9 Å². The number of halogens is 2. The zero-order valence-electron chi connectivity index (χ0n) is 18.5. The molecule has 12 heteroatoms. The number of nitrogens with one attached hydrogen (secondary N) is 2. The summed E-state index contributed by atoms with van der Waals surface area (Å²) in [7, 11) is 2.32. The highest BCUT2D eigenvalue weighted by atomic mass is 19.3. The van der Waals surface area contributed by atoms with E-state index in [1.807, 2.05) is 0 Å². The number of amides is 2. The molecule has 0 unspecified atom stereocenters. The summed E-state index contributed by atoms with van der Waals surface area (Å²) in [6.45, 7) is -3.67. The van der Waals surface area contributed by atoms with E-state index in [-0.39, 0.29) is 28.5 Å². The maximum atomic E-state index is 12.7. The Bertz CT molecular complexity index is 1200. The Morgan fingerprint density at radius 1 is 1.00 bits per heavy atom. The molecule has 1 aromatic heterocycles. The molecule has 0 atom stereocenters. The molecule has 1 heterocycles.